The molecule has 0 bridgehead atoms. The highest BCUT2D eigenvalue weighted by Gasteiger charge is 2.07. The zero-order chi connectivity index (χ0) is 16.3. The van der Waals surface area contributed by atoms with Crippen molar-refractivity contribution in [2.75, 3.05) is 0 Å². The van der Waals surface area contributed by atoms with Crippen molar-refractivity contribution in [3.8, 4) is 5.75 Å². The van der Waals surface area contributed by atoms with E-state index in [9.17, 15) is 14.4 Å². The van der Waals surface area contributed by atoms with Crippen molar-refractivity contribution < 1.29 is 9.53 Å². The van der Waals surface area contributed by atoms with Crippen LogP contribution in [0.25, 0.3) is 0 Å². The third-order valence-corrected chi connectivity index (χ3v) is 3.51. The molecule has 0 saturated heterocycles. The molecule has 0 amide bonds. The average Bonchev–Trinajstić information content (AvgIpc) is 2.54. The number of nitrogens with zero attached hydrogens (tertiary/aromatic N) is 2. The molecule has 6 heteroatoms. The standard InChI is InChI=1S/C16H18N2O4/c1-4-14(19)11-5-7-13(8-6-11)22-10-12-9-15(20)18(3)16(21)17(12)2/h5-9H,4,10H2,1-3H3. The van der Waals surface area contributed by atoms with Gasteiger partial charge in [-0.05, 0) is 24.3 Å². The third-order valence-electron chi connectivity index (χ3n) is 3.51. The van der Waals surface area contributed by atoms with Crippen LogP contribution >= 0.6 is 0 Å². The number of Topliss-reactive ketones (excluding diaryl/α,β-unsaturated/α-hetero) is 1. The van der Waals surface area contributed by atoms with Gasteiger partial charge in [-0.2, -0.15) is 0 Å². The van der Waals surface area contributed by atoms with E-state index in [0.717, 1.165) is 4.57 Å². The first-order valence-electron chi connectivity index (χ1n) is 6.96. The van der Waals surface area contributed by atoms with Gasteiger partial charge in [0.1, 0.15) is 12.4 Å². The number of hydrogen-bond donors (Lipinski definition) is 0. The molecule has 0 unspecified atom stereocenters. The van der Waals surface area contributed by atoms with Crippen LogP contribution in [0.4, 0.5) is 0 Å². The van der Waals surface area contributed by atoms with Crippen LogP contribution in [0.1, 0.15) is 29.4 Å². The van der Waals surface area contributed by atoms with Crippen molar-refractivity contribution >= 4 is 5.78 Å². The predicted molar refractivity (Wildman–Crippen MR) is 82.3 cm³/mol. The summed E-state index contributed by atoms with van der Waals surface area (Å²) in [5, 5.41) is 0. The van der Waals surface area contributed by atoms with E-state index < -0.39 is 5.69 Å². The van der Waals surface area contributed by atoms with Gasteiger partial charge in [0.2, 0.25) is 0 Å². The Morgan fingerprint density at radius 2 is 1.73 bits per heavy atom. The SMILES string of the molecule is CCC(=O)c1ccc(OCc2cc(=O)n(C)c(=O)n2C)cc1. The molecule has 2 rings (SSSR count). The fourth-order valence-electron chi connectivity index (χ4n) is 2.02. The zero-order valence-corrected chi connectivity index (χ0v) is 12.8. The topological polar surface area (TPSA) is 70.3 Å². The van der Waals surface area contributed by atoms with Gasteiger partial charge < -0.3 is 4.74 Å². The average molecular weight is 302 g/mol. The van der Waals surface area contributed by atoms with E-state index >= 15 is 0 Å². The van der Waals surface area contributed by atoms with Gasteiger partial charge in [0.25, 0.3) is 5.56 Å². The second kappa shape index (κ2) is 6.43. The molecular formula is C16H18N2O4. The van der Waals surface area contributed by atoms with Gasteiger partial charge in [0.05, 0.1) is 5.69 Å². The van der Waals surface area contributed by atoms with Gasteiger partial charge in [0, 0.05) is 32.1 Å². The summed E-state index contributed by atoms with van der Waals surface area (Å²) in [5.74, 6) is 0.640. The molecule has 0 atom stereocenters. The van der Waals surface area contributed by atoms with Crippen molar-refractivity contribution in [1.29, 1.82) is 0 Å². The first-order chi connectivity index (χ1) is 10.4. The summed E-state index contributed by atoms with van der Waals surface area (Å²) >= 11 is 0. The molecule has 0 radical (unpaired) electrons. The summed E-state index contributed by atoms with van der Waals surface area (Å²) in [6.07, 6.45) is 0.454. The Labute approximate surface area is 127 Å². The molecule has 6 nitrogen and oxygen atoms in total. The van der Waals surface area contributed by atoms with Crippen LogP contribution in [0, 0.1) is 0 Å². The van der Waals surface area contributed by atoms with Crippen molar-refractivity contribution in [3.05, 3.63) is 62.4 Å². The molecule has 0 spiro atoms. The highest BCUT2D eigenvalue weighted by molar-refractivity contribution is 5.95. The summed E-state index contributed by atoms with van der Waals surface area (Å²) < 4.78 is 7.98. The molecule has 0 aliphatic carbocycles. The zero-order valence-electron chi connectivity index (χ0n) is 12.8. The molecule has 22 heavy (non-hydrogen) atoms. The second-order valence-electron chi connectivity index (χ2n) is 4.96. The number of benzene rings is 1. The lowest BCUT2D eigenvalue weighted by Gasteiger charge is -2.11. The molecule has 2 aromatic rings. The van der Waals surface area contributed by atoms with Crippen molar-refractivity contribution in [3.63, 3.8) is 0 Å². The minimum absolute atomic E-state index is 0.0699. The molecular weight excluding hydrogens is 284 g/mol. The van der Waals surface area contributed by atoms with Crippen LogP contribution in [0.5, 0.6) is 5.75 Å². The maximum absolute atomic E-state index is 11.8. The number of aromatic nitrogens is 2. The summed E-state index contributed by atoms with van der Waals surface area (Å²) in [7, 11) is 3.02. The second-order valence-corrected chi connectivity index (χ2v) is 4.96. The third kappa shape index (κ3) is 3.16. The number of carbonyl (C=O) groups excluding carboxylic acids is 1. The van der Waals surface area contributed by atoms with Crippen LogP contribution in [-0.2, 0) is 20.7 Å². The molecule has 1 heterocycles. The van der Waals surface area contributed by atoms with E-state index in [1.165, 1.54) is 17.7 Å². The molecule has 1 aromatic heterocycles. The quantitative estimate of drug-likeness (QED) is 0.780. The largest absolute Gasteiger partial charge is 0.487 e. The fraction of sp³-hybridized carbons (Fsp3) is 0.312. The van der Waals surface area contributed by atoms with Gasteiger partial charge in [-0.1, -0.05) is 6.92 Å². The van der Waals surface area contributed by atoms with Crippen LogP contribution in [-0.4, -0.2) is 14.9 Å². The summed E-state index contributed by atoms with van der Waals surface area (Å²) in [6.45, 7) is 1.91. The monoisotopic (exact) mass is 302 g/mol. The van der Waals surface area contributed by atoms with Gasteiger partial charge in [-0.25, -0.2) is 4.79 Å². The highest BCUT2D eigenvalue weighted by atomic mass is 16.5. The van der Waals surface area contributed by atoms with Crippen LogP contribution in [0.15, 0.2) is 39.9 Å². The summed E-state index contributed by atoms with van der Waals surface area (Å²) in [6, 6.07) is 8.16. The van der Waals surface area contributed by atoms with E-state index in [1.807, 2.05) is 6.92 Å². The number of ketones is 1. The Balaban J connectivity index is 2.16. The molecule has 1 aromatic carbocycles. The first-order valence-corrected chi connectivity index (χ1v) is 6.96. The Morgan fingerprint density at radius 3 is 2.32 bits per heavy atom. The summed E-state index contributed by atoms with van der Waals surface area (Å²) in [4.78, 5) is 35.0. The van der Waals surface area contributed by atoms with Crippen LogP contribution < -0.4 is 16.0 Å². The van der Waals surface area contributed by atoms with E-state index in [2.05, 4.69) is 0 Å². The number of rotatable bonds is 5. The molecule has 0 saturated carbocycles. The van der Waals surface area contributed by atoms with Crippen molar-refractivity contribution in [2.24, 2.45) is 14.1 Å². The smallest absolute Gasteiger partial charge is 0.330 e. The Bertz CT molecular complexity index is 800. The van der Waals surface area contributed by atoms with Crippen molar-refractivity contribution in [2.45, 2.75) is 20.0 Å². The Hall–Kier alpha value is -2.63. The summed E-state index contributed by atoms with van der Waals surface area (Å²) in [5.41, 5.74) is 0.359. The number of carbonyl (C=O) groups is 1. The van der Waals surface area contributed by atoms with Gasteiger partial charge in [-0.3, -0.25) is 18.7 Å². The molecule has 0 aliphatic rings. The van der Waals surface area contributed by atoms with E-state index in [-0.39, 0.29) is 17.9 Å². The Kier molecular flexibility index (Phi) is 4.60. The van der Waals surface area contributed by atoms with Gasteiger partial charge >= 0.3 is 5.69 Å². The lowest BCUT2D eigenvalue weighted by atomic mass is 10.1. The molecule has 0 aliphatic heterocycles. The maximum Gasteiger partial charge on any atom is 0.330 e. The van der Waals surface area contributed by atoms with Crippen molar-refractivity contribution in [1.82, 2.24) is 9.13 Å². The van der Waals surface area contributed by atoms with E-state index in [4.69, 9.17) is 4.74 Å². The molecule has 0 fully saturated rings. The molecule has 0 N–H and O–H groups in total. The Morgan fingerprint density at radius 1 is 1.09 bits per heavy atom. The lowest BCUT2D eigenvalue weighted by molar-refractivity contribution is 0.0988. The predicted octanol–water partition coefficient (Wildman–Crippen LogP) is 1.26. The minimum Gasteiger partial charge on any atom is -0.487 e. The van der Waals surface area contributed by atoms with Crippen LogP contribution in [0.2, 0.25) is 0 Å². The first kappa shape index (κ1) is 15.8. The fourth-order valence-corrected chi connectivity index (χ4v) is 2.02. The molecule has 116 valence electrons. The maximum atomic E-state index is 11.8. The van der Waals surface area contributed by atoms with Gasteiger partial charge in [-0.15, -0.1) is 0 Å². The van der Waals surface area contributed by atoms with Crippen LogP contribution in [0.3, 0.4) is 0 Å². The minimum atomic E-state index is -0.394. The number of ether oxygens (including phenoxy) is 1. The lowest BCUT2D eigenvalue weighted by Crippen LogP contribution is -2.38. The van der Waals surface area contributed by atoms with Gasteiger partial charge in [0.15, 0.2) is 5.78 Å². The normalized spacial score (nSPS) is 10.5. The number of hydrogen-bond acceptors (Lipinski definition) is 4. The van der Waals surface area contributed by atoms with E-state index in [0.29, 0.717) is 23.4 Å². The highest BCUT2D eigenvalue weighted by Crippen LogP contribution is 2.14. The van der Waals surface area contributed by atoms with E-state index in [1.54, 1.807) is 31.3 Å².